The molecule has 0 unspecified atom stereocenters. The molecule has 0 radical (unpaired) electrons. The lowest BCUT2D eigenvalue weighted by Gasteiger charge is -2.27. The normalized spacial score (nSPS) is 13.2. The van der Waals surface area contributed by atoms with Gasteiger partial charge < -0.3 is 10.1 Å². The van der Waals surface area contributed by atoms with Crippen LogP contribution >= 0.6 is 23.7 Å². The van der Waals surface area contributed by atoms with E-state index in [1.807, 2.05) is 48.5 Å². The SMILES string of the molecule is CCOC(=O)c1c(NC(=O)/C=C\c2ccccc2)sc2c1CCN(Cc1ccccc1)C2.Cl. The van der Waals surface area contributed by atoms with Crippen LogP contribution in [0.2, 0.25) is 0 Å². The third-order valence-electron chi connectivity index (χ3n) is 5.33. The number of thiophene rings is 1. The number of carbonyl (C=O) groups is 2. The molecule has 0 atom stereocenters. The van der Waals surface area contributed by atoms with Crippen LogP contribution in [0.15, 0.2) is 66.7 Å². The maximum absolute atomic E-state index is 12.7. The van der Waals surface area contributed by atoms with Gasteiger partial charge in [-0.05, 0) is 36.1 Å². The first-order valence-electron chi connectivity index (χ1n) is 10.8. The van der Waals surface area contributed by atoms with Crippen molar-refractivity contribution in [2.75, 3.05) is 18.5 Å². The summed E-state index contributed by atoms with van der Waals surface area (Å²) >= 11 is 1.47. The van der Waals surface area contributed by atoms with Crippen molar-refractivity contribution in [3.63, 3.8) is 0 Å². The number of amides is 1. The Kier molecular flexibility index (Phi) is 8.83. The summed E-state index contributed by atoms with van der Waals surface area (Å²) in [6, 6.07) is 20.0. The van der Waals surface area contributed by atoms with E-state index in [1.54, 1.807) is 13.0 Å². The molecule has 33 heavy (non-hydrogen) atoms. The average molecular weight is 483 g/mol. The number of esters is 1. The van der Waals surface area contributed by atoms with Crippen molar-refractivity contribution >= 4 is 46.7 Å². The van der Waals surface area contributed by atoms with Crippen molar-refractivity contribution in [3.05, 3.63) is 93.9 Å². The van der Waals surface area contributed by atoms with Crippen molar-refractivity contribution in [2.24, 2.45) is 0 Å². The molecule has 1 amide bonds. The Bertz CT molecular complexity index is 1110. The zero-order chi connectivity index (χ0) is 22.3. The number of fused-ring (bicyclic) bond motifs is 1. The second kappa shape index (κ2) is 11.8. The quantitative estimate of drug-likeness (QED) is 0.354. The fourth-order valence-corrected chi connectivity index (χ4v) is 5.11. The van der Waals surface area contributed by atoms with Gasteiger partial charge in [-0.1, -0.05) is 60.7 Å². The molecule has 5 nitrogen and oxygen atoms in total. The molecule has 0 aliphatic carbocycles. The molecule has 3 aromatic rings. The summed E-state index contributed by atoms with van der Waals surface area (Å²) in [5.74, 6) is -0.636. The Morgan fingerprint density at radius 1 is 1.09 bits per heavy atom. The zero-order valence-electron chi connectivity index (χ0n) is 18.5. The maximum atomic E-state index is 12.7. The molecule has 4 rings (SSSR count). The summed E-state index contributed by atoms with van der Waals surface area (Å²) in [5.41, 5.74) is 3.71. The van der Waals surface area contributed by atoms with Crippen LogP contribution in [0.3, 0.4) is 0 Å². The molecular weight excluding hydrogens is 456 g/mol. The molecular formula is C26H27ClN2O3S. The molecule has 0 saturated heterocycles. The summed E-state index contributed by atoms with van der Waals surface area (Å²) in [5, 5.41) is 3.48. The highest BCUT2D eigenvalue weighted by molar-refractivity contribution is 7.17. The number of halogens is 1. The molecule has 2 aromatic carbocycles. The number of carbonyl (C=O) groups excluding carboxylic acids is 2. The van der Waals surface area contributed by atoms with E-state index in [0.29, 0.717) is 17.2 Å². The van der Waals surface area contributed by atoms with Gasteiger partial charge in [0.25, 0.3) is 0 Å². The number of anilines is 1. The van der Waals surface area contributed by atoms with Crippen LogP contribution in [0.25, 0.3) is 6.08 Å². The van der Waals surface area contributed by atoms with E-state index in [4.69, 9.17) is 4.74 Å². The van der Waals surface area contributed by atoms with Crippen LogP contribution in [0.4, 0.5) is 5.00 Å². The number of rotatable bonds is 7. The number of nitrogens with one attached hydrogen (secondary N) is 1. The Hall–Kier alpha value is -2.93. The molecule has 7 heteroatoms. The predicted octanol–water partition coefficient (Wildman–Crippen LogP) is 5.56. The van der Waals surface area contributed by atoms with Gasteiger partial charge in [0.1, 0.15) is 5.00 Å². The van der Waals surface area contributed by atoms with Gasteiger partial charge in [-0.2, -0.15) is 0 Å². The van der Waals surface area contributed by atoms with Crippen LogP contribution in [0.5, 0.6) is 0 Å². The number of hydrogen-bond acceptors (Lipinski definition) is 5. The molecule has 0 bridgehead atoms. The van der Waals surface area contributed by atoms with Crippen molar-refractivity contribution in [1.82, 2.24) is 4.90 Å². The highest BCUT2D eigenvalue weighted by atomic mass is 35.5. The molecule has 1 aliphatic rings. The van der Waals surface area contributed by atoms with Gasteiger partial charge in [0.2, 0.25) is 5.91 Å². The lowest BCUT2D eigenvalue weighted by Crippen LogP contribution is -2.29. The fourth-order valence-electron chi connectivity index (χ4n) is 3.83. The van der Waals surface area contributed by atoms with Crippen LogP contribution in [0.1, 0.15) is 38.8 Å². The highest BCUT2D eigenvalue weighted by Gasteiger charge is 2.29. The molecule has 1 N–H and O–H groups in total. The number of benzene rings is 2. The molecule has 0 fully saturated rings. The summed E-state index contributed by atoms with van der Waals surface area (Å²) in [4.78, 5) is 28.8. The Balaban J connectivity index is 0.00000306. The van der Waals surface area contributed by atoms with Gasteiger partial charge in [0, 0.05) is 30.6 Å². The van der Waals surface area contributed by atoms with E-state index < -0.39 is 0 Å². The molecule has 1 aliphatic heterocycles. The molecule has 0 spiro atoms. The van der Waals surface area contributed by atoms with E-state index in [1.165, 1.54) is 23.0 Å². The topological polar surface area (TPSA) is 58.6 Å². The lowest BCUT2D eigenvalue weighted by atomic mass is 10.0. The Morgan fingerprint density at radius 2 is 1.79 bits per heavy atom. The van der Waals surface area contributed by atoms with Gasteiger partial charge in [0.15, 0.2) is 0 Å². The van der Waals surface area contributed by atoms with Gasteiger partial charge in [-0.15, -0.1) is 23.7 Å². The van der Waals surface area contributed by atoms with E-state index in [-0.39, 0.29) is 24.3 Å². The minimum atomic E-state index is -0.371. The first kappa shape index (κ1) is 24.7. The average Bonchev–Trinajstić information content (AvgIpc) is 3.16. The molecule has 0 saturated carbocycles. The molecule has 1 aromatic heterocycles. The van der Waals surface area contributed by atoms with Crippen LogP contribution < -0.4 is 5.32 Å². The Labute approximate surface area is 204 Å². The lowest BCUT2D eigenvalue weighted by molar-refractivity contribution is -0.111. The van der Waals surface area contributed by atoms with E-state index in [0.717, 1.165) is 42.1 Å². The second-order valence-electron chi connectivity index (χ2n) is 7.61. The van der Waals surface area contributed by atoms with Crippen molar-refractivity contribution < 1.29 is 14.3 Å². The third kappa shape index (κ3) is 6.32. The van der Waals surface area contributed by atoms with Gasteiger partial charge in [0.05, 0.1) is 12.2 Å². The van der Waals surface area contributed by atoms with Crippen LogP contribution in [0, 0.1) is 0 Å². The monoisotopic (exact) mass is 482 g/mol. The molecule has 2 heterocycles. The summed E-state index contributed by atoms with van der Waals surface area (Å²) in [6.07, 6.45) is 4.00. The first-order valence-corrected chi connectivity index (χ1v) is 11.6. The summed E-state index contributed by atoms with van der Waals surface area (Å²) < 4.78 is 5.31. The third-order valence-corrected chi connectivity index (χ3v) is 6.46. The van der Waals surface area contributed by atoms with Crippen molar-refractivity contribution in [2.45, 2.75) is 26.4 Å². The van der Waals surface area contributed by atoms with Crippen LogP contribution in [-0.2, 0) is 29.0 Å². The van der Waals surface area contributed by atoms with Gasteiger partial charge in [-0.3, -0.25) is 9.69 Å². The van der Waals surface area contributed by atoms with Crippen molar-refractivity contribution in [1.29, 1.82) is 0 Å². The first-order chi connectivity index (χ1) is 15.6. The van der Waals surface area contributed by atoms with Crippen molar-refractivity contribution in [3.8, 4) is 0 Å². The minimum Gasteiger partial charge on any atom is -0.462 e. The maximum Gasteiger partial charge on any atom is 0.341 e. The minimum absolute atomic E-state index is 0. The number of hydrogen-bond donors (Lipinski definition) is 1. The number of ether oxygens (including phenoxy) is 1. The second-order valence-corrected chi connectivity index (χ2v) is 8.71. The fraction of sp³-hybridized carbons (Fsp3) is 0.231. The van der Waals surface area contributed by atoms with Crippen LogP contribution in [-0.4, -0.2) is 29.9 Å². The smallest absolute Gasteiger partial charge is 0.341 e. The Morgan fingerprint density at radius 3 is 2.48 bits per heavy atom. The summed E-state index contributed by atoms with van der Waals surface area (Å²) in [6.45, 7) is 4.54. The van der Waals surface area contributed by atoms with E-state index in [9.17, 15) is 9.59 Å². The summed E-state index contributed by atoms with van der Waals surface area (Å²) in [7, 11) is 0. The largest absolute Gasteiger partial charge is 0.462 e. The highest BCUT2D eigenvalue weighted by Crippen LogP contribution is 2.38. The number of nitrogens with zero attached hydrogens (tertiary/aromatic N) is 1. The van der Waals surface area contributed by atoms with E-state index >= 15 is 0 Å². The van der Waals surface area contributed by atoms with E-state index in [2.05, 4.69) is 22.3 Å². The predicted molar refractivity (Wildman–Crippen MR) is 136 cm³/mol. The zero-order valence-corrected chi connectivity index (χ0v) is 20.1. The van der Waals surface area contributed by atoms with Gasteiger partial charge in [-0.25, -0.2) is 4.79 Å². The standard InChI is InChI=1S/C26H26N2O3S.ClH/c1-2-31-26(30)24-21-15-16-28(17-20-11-7-4-8-12-20)18-22(21)32-25(24)27-23(29)14-13-19-9-5-3-6-10-19;/h3-14H,2,15-18H2,1H3,(H,27,29);1H/b14-13-;. The molecule has 172 valence electrons. The van der Waals surface area contributed by atoms with Gasteiger partial charge >= 0.3 is 5.97 Å².